The van der Waals surface area contributed by atoms with Crippen molar-refractivity contribution in [2.75, 3.05) is 20.3 Å². The predicted molar refractivity (Wildman–Crippen MR) is 133 cm³/mol. The Bertz CT molecular complexity index is 1200. The molecule has 2 aromatic rings. The molecule has 10 nitrogen and oxygen atoms in total. The minimum absolute atomic E-state index is 0.0317. The number of aliphatic hydroxyl groups excluding tert-OH is 3. The number of rotatable bonds is 9. The topological polar surface area (TPSA) is 142 Å². The highest BCUT2D eigenvalue weighted by molar-refractivity contribution is 5.96. The molecule has 0 bridgehead atoms. The number of furan rings is 1. The third-order valence-electron chi connectivity index (χ3n) is 6.48. The van der Waals surface area contributed by atoms with Crippen molar-refractivity contribution in [3.63, 3.8) is 0 Å². The van der Waals surface area contributed by atoms with Gasteiger partial charge in [-0.25, -0.2) is 0 Å². The van der Waals surface area contributed by atoms with Gasteiger partial charge in [-0.1, -0.05) is 5.57 Å². The van der Waals surface area contributed by atoms with Gasteiger partial charge in [0.05, 0.1) is 44.8 Å². The second kappa shape index (κ2) is 11.2. The normalized spacial score (nSPS) is 21.7. The lowest BCUT2D eigenvalue weighted by atomic mass is 9.77. The molecule has 1 aromatic carbocycles. The van der Waals surface area contributed by atoms with Crippen LogP contribution in [-0.2, 0) is 22.7 Å². The van der Waals surface area contributed by atoms with E-state index in [-0.39, 0.29) is 37.8 Å². The Balaban J connectivity index is 1.83. The van der Waals surface area contributed by atoms with E-state index in [1.807, 2.05) is 0 Å². The molecule has 4 rings (SSSR count). The van der Waals surface area contributed by atoms with Gasteiger partial charge < -0.3 is 39.4 Å². The summed E-state index contributed by atoms with van der Waals surface area (Å²) in [7, 11) is 1.47. The molecule has 4 N–H and O–H groups in total. The van der Waals surface area contributed by atoms with Crippen molar-refractivity contribution in [3.05, 3.63) is 70.7 Å². The van der Waals surface area contributed by atoms with Crippen LogP contribution < -0.4 is 14.8 Å². The van der Waals surface area contributed by atoms with Gasteiger partial charge in [-0.05, 0) is 43.7 Å². The summed E-state index contributed by atoms with van der Waals surface area (Å²) in [6.45, 7) is 3.26. The number of carbonyl (C=O) groups is 2. The highest BCUT2D eigenvalue weighted by Crippen LogP contribution is 2.51. The Morgan fingerprint density at radius 2 is 2.00 bits per heavy atom. The van der Waals surface area contributed by atoms with E-state index in [0.717, 1.165) is 11.1 Å². The van der Waals surface area contributed by atoms with Crippen LogP contribution in [0.25, 0.3) is 0 Å². The van der Waals surface area contributed by atoms with Crippen LogP contribution in [0.3, 0.4) is 0 Å². The van der Waals surface area contributed by atoms with Gasteiger partial charge in [0.1, 0.15) is 12.2 Å². The Labute approximate surface area is 214 Å². The molecule has 37 heavy (non-hydrogen) atoms. The number of hydrogen-bond donors (Lipinski definition) is 4. The molecule has 0 fully saturated rings. The maximum absolute atomic E-state index is 13.3. The highest BCUT2D eigenvalue weighted by atomic mass is 16.5. The number of methoxy groups -OCH3 is 1. The average molecular weight is 513 g/mol. The molecule has 0 saturated carbocycles. The fourth-order valence-electron chi connectivity index (χ4n) is 4.86. The van der Waals surface area contributed by atoms with E-state index in [9.17, 15) is 24.9 Å². The van der Waals surface area contributed by atoms with E-state index < -0.39 is 30.1 Å². The Morgan fingerprint density at radius 3 is 2.62 bits per heavy atom. The minimum Gasteiger partial charge on any atom is -0.493 e. The molecule has 1 aromatic heterocycles. The van der Waals surface area contributed by atoms with Crippen molar-refractivity contribution in [2.45, 2.75) is 51.2 Å². The molecule has 10 heteroatoms. The number of ether oxygens (including phenoxy) is 2. The minimum atomic E-state index is -1.20. The van der Waals surface area contributed by atoms with Gasteiger partial charge >= 0.3 is 0 Å². The maximum Gasteiger partial charge on any atom is 0.247 e. The summed E-state index contributed by atoms with van der Waals surface area (Å²) in [5, 5.41) is 33.3. The molecule has 0 saturated heterocycles. The number of fused-ring (bicyclic) bond motifs is 3. The van der Waals surface area contributed by atoms with Crippen molar-refractivity contribution < 1.29 is 38.8 Å². The summed E-state index contributed by atoms with van der Waals surface area (Å²) in [5.41, 5.74) is 2.93. The van der Waals surface area contributed by atoms with Gasteiger partial charge in [0.2, 0.25) is 11.8 Å². The first-order valence-corrected chi connectivity index (χ1v) is 12.0. The van der Waals surface area contributed by atoms with E-state index in [1.54, 1.807) is 38.1 Å². The number of carbonyl (C=O) groups excluding carboxylic acids is 2. The predicted octanol–water partition coefficient (Wildman–Crippen LogP) is 1.40. The lowest BCUT2D eigenvalue weighted by Crippen LogP contribution is -2.55. The summed E-state index contributed by atoms with van der Waals surface area (Å²) in [6, 6.07) is 4.17. The van der Waals surface area contributed by atoms with Gasteiger partial charge in [-0.2, -0.15) is 0 Å². The van der Waals surface area contributed by atoms with Gasteiger partial charge in [-0.3, -0.25) is 9.59 Å². The van der Waals surface area contributed by atoms with E-state index in [4.69, 9.17) is 13.9 Å². The van der Waals surface area contributed by atoms with Crippen molar-refractivity contribution in [1.82, 2.24) is 10.2 Å². The number of benzene rings is 1. The Kier molecular flexibility index (Phi) is 8.01. The van der Waals surface area contributed by atoms with Crippen LogP contribution in [0.15, 0.2) is 58.4 Å². The fraction of sp³-hybridized carbons (Fsp3) is 0.407. The zero-order valence-electron chi connectivity index (χ0n) is 21.0. The molecule has 198 valence electrons. The van der Waals surface area contributed by atoms with E-state index in [0.29, 0.717) is 22.6 Å². The summed E-state index contributed by atoms with van der Waals surface area (Å²) in [5.74, 6) is -0.748. The van der Waals surface area contributed by atoms with E-state index >= 15 is 0 Å². The molecule has 0 unspecified atom stereocenters. The first-order chi connectivity index (χ1) is 17.8. The highest BCUT2D eigenvalue weighted by Gasteiger charge is 2.51. The molecular formula is C27H32N2O8. The molecular weight excluding hydrogens is 480 g/mol. The third-order valence-corrected chi connectivity index (χ3v) is 6.48. The van der Waals surface area contributed by atoms with Gasteiger partial charge in [0.25, 0.3) is 0 Å². The Hall–Kier alpha value is -3.60. The van der Waals surface area contributed by atoms with Crippen LogP contribution in [0.4, 0.5) is 0 Å². The zero-order chi connectivity index (χ0) is 26.7. The fourth-order valence-corrected chi connectivity index (χ4v) is 4.86. The lowest BCUT2D eigenvalue weighted by molar-refractivity contribution is -0.133. The van der Waals surface area contributed by atoms with Crippen molar-refractivity contribution >= 4 is 11.8 Å². The first kappa shape index (κ1) is 26.5. The van der Waals surface area contributed by atoms with Crippen LogP contribution in [0, 0.1) is 0 Å². The van der Waals surface area contributed by atoms with Crippen LogP contribution >= 0.6 is 0 Å². The number of amides is 2. The molecule has 1 aliphatic heterocycles. The van der Waals surface area contributed by atoms with Gasteiger partial charge in [-0.15, -0.1) is 0 Å². The van der Waals surface area contributed by atoms with E-state index in [2.05, 4.69) is 5.32 Å². The second-order valence-corrected chi connectivity index (χ2v) is 9.34. The molecule has 2 aliphatic rings. The first-order valence-electron chi connectivity index (χ1n) is 12.0. The third kappa shape index (κ3) is 5.27. The second-order valence-electron chi connectivity index (χ2n) is 9.34. The number of allylic oxidation sites excluding steroid dienone is 1. The van der Waals surface area contributed by atoms with Crippen LogP contribution in [0.2, 0.25) is 0 Å². The van der Waals surface area contributed by atoms with Crippen molar-refractivity contribution in [1.29, 1.82) is 0 Å². The summed E-state index contributed by atoms with van der Waals surface area (Å²) in [4.78, 5) is 28.1. The molecule has 0 spiro atoms. The lowest BCUT2D eigenvalue weighted by Gasteiger charge is -2.40. The van der Waals surface area contributed by atoms with E-state index in [1.165, 1.54) is 30.6 Å². The molecule has 0 radical (unpaired) electrons. The SMILES string of the molecule is COc1cc(CO)cc2c1O[C@@H]1[C@@H](O)[C@H](N(Cc3ccoc3)C(=O)C=C(C)C)C=C(C(=O)NCCO)[C@H]21. The summed E-state index contributed by atoms with van der Waals surface area (Å²) < 4.78 is 16.9. The van der Waals surface area contributed by atoms with Gasteiger partial charge in [0.15, 0.2) is 11.5 Å². The smallest absolute Gasteiger partial charge is 0.247 e. The quantitative estimate of drug-likeness (QED) is 0.370. The number of nitrogens with one attached hydrogen (secondary N) is 1. The molecule has 2 amide bonds. The summed E-state index contributed by atoms with van der Waals surface area (Å²) >= 11 is 0. The number of hydrogen-bond acceptors (Lipinski definition) is 8. The largest absolute Gasteiger partial charge is 0.493 e. The van der Waals surface area contributed by atoms with Gasteiger partial charge in [0, 0.05) is 35.9 Å². The molecule has 4 atom stereocenters. The molecule has 2 heterocycles. The Morgan fingerprint density at radius 1 is 1.22 bits per heavy atom. The molecule has 1 aliphatic carbocycles. The van der Waals surface area contributed by atoms with Crippen LogP contribution in [0.1, 0.15) is 36.5 Å². The van der Waals surface area contributed by atoms with Crippen molar-refractivity contribution in [3.8, 4) is 11.5 Å². The standard InChI is InChI=1S/C27H32N2O8/c1-15(2)8-22(32)29(12-16-4-7-36-14-16)20-11-19(27(34)28-5-6-30)23-18-9-17(13-31)10-21(35-3)25(18)37-26(23)24(20)33/h4,7-11,14,20,23-24,26,30-31,33H,5-6,12-13H2,1-3H3,(H,28,34)/t20-,23+,24+,26+/m1/s1. The van der Waals surface area contributed by atoms with Crippen LogP contribution in [0.5, 0.6) is 11.5 Å². The maximum atomic E-state index is 13.3. The number of nitrogens with zero attached hydrogens (tertiary/aromatic N) is 1. The summed E-state index contributed by atoms with van der Waals surface area (Å²) in [6.07, 6.45) is 3.97. The number of aliphatic hydroxyl groups is 3. The monoisotopic (exact) mass is 512 g/mol. The zero-order valence-corrected chi connectivity index (χ0v) is 21.0. The van der Waals surface area contributed by atoms with Crippen molar-refractivity contribution in [2.24, 2.45) is 0 Å². The van der Waals surface area contributed by atoms with Crippen LogP contribution in [-0.4, -0.2) is 70.5 Å². The average Bonchev–Trinajstić information content (AvgIpc) is 3.53.